The lowest BCUT2D eigenvalue weighted by molar-refractivity contribution is -0.136. The van der Waals surface area contributed by atoms with Gasteiger partial charge < -0.3 is 40.2 Å². The van der Waals surface area contributed by atoms with Gasteiger partial charge in [0.05, 0.1) is 43.0 Å². The van der Waals surface area contributed by atoms with Gasteiger partial charge in [-0.15, -0.1) is 0 Å². The van der Waals surface area contributed by atoms with Gasteiger partial charge in [0.15, 0.2) is 0 Å². The lowest BCUT2D eigenvalue weighted by atomic mass is 10.0. The van der Waals surface area contributed by atoms with E-state index >= 15 is 0 Å². The van der Waals surface area contributed by atoms with E-state index < -0.39 is 18.2 Å². The molecule has 4 amide bonds. The second-order valence-corrected chi connectivity index (χ2v) is 15.0. The summed E-state index contributed by atoms with van der Waals surface area (Å²) in [6.45, 7) is 1.21. The van der Waals surface area contributed by atoms with Crippen LogP contribution in [0, 0.1) is 5.92 Å². The van der Waals surface area contributed by atoms with Crippen LogP contribution >= 0.6 is 0 Å². The van der Waals surface area contributed by atoms with Crippen LogP contribution in [-0.2, 0) is 14.3 Å². The Morgan fingerprint density at radius 3 is 1.84 bits per heavy atom. The van der Waals surface area contributed by atoms with Crippen LogP contribution in [0.1, 0.15) is 80.3 Å². The number of methoxy groups -OCH3 is 1. The monoisotopic (exact) mass is 770 g/mol. The Bertz CT molecular complexity index is 2220. The van der Waals surface area contributed by atoms with Gasteiger partial charge in [0.25, 0.3) is 5.91 Å². The molecular formula is C43H46N8O6. The normalized spacial score (nSPS) is 21.0. The summed E-state index contributed by atoms with van der Waals surface area (Å²) in [5.41, 5.74) is 6.37. The van der Waals surface area contributed by atoms with Crippen molar-refractivity contribution in [2.45, 2.75) is 69.1 Å². The fourth-order valence-electron chi connectivity index (χ4n) is 8.64. The van der Waals surface area contributed by atoms with Gasteiger partial charge in [-0.25, -0.2) is 19.6 Å². The number of carbonyl (C=O) groups is 4. The number of nitrogens with one attached hydrogen (secondary N) is 4. The average molecular weight is 771 g/mol. The highest BCUT2D eigenvalue weighted by Crippen LogP contribution is 2.37. The van der Waals surface area contributed by atoms with Gasteiger partial charge >= 0.3 is 12.2 Å². The average Bonchev–Trinajstić information content (AvgIpc) is 4.09. The Hall–Kier alpha value is -6.44. The van der Waals surface area contributed by atoms with E-state index in [4.69, 9.17) is 9.72 Å². The number of ether oxygens (including phenoxy) is 1. The van der Waals surface area contributed by atoms with E-state index in [-0.39, 0.29) is 35.9 Å². The summed E-state index contributed by atoms with van der Waals surface area (Å²) < 4.78 is 4.73. The molecule has 0 bridgehead atoms. The molecule has 5 aromatic rings. The minimum absolute atomic E-state index is 0.0477. The number of aromatic amines is 2. The number of carbonyl (C=O) groups excluding carboxylic acids is 3. The van der Waals surface area contributed by atoms with E-state index in [0.717, 1.165) is 78.0 Å². The summed E-state index contributed by atoms with van der Waals surface area (Å²) in [7, 11) is 1.35. The molecule has 1 aliphatic carbocycles. The molecule has 5 atom stereocenters. The summed E-state index contributed by atoms with van der Waals surface area (Å²) in [4.78, 5) is 70.5. The Kier molecular flexibility index (Phi) is 10.7. The first-order valence-corrected chi connectivity index (χ1v) is 19.6. The number of likely N-dealkylation sites (tertiary alicyclic amines) is 2. The molecule has 14 heteroatoms. The molecule has 3 fully saturated rings. The summed E-state index contributed by atoms with van der Waals surface area (Å²) >= 11 is 0. The minimum Gasteiger partial charge on any atom is -0.465 e. The third-order valence-corrected chi connectivity index (χ3v) is 11.6. The topological polar surface area (TPSA) is 186 Å². The number of amides is 4. The fourth-order valence-corrected chi connectivity index (χ4v) is 8.64. The summed E-state index contributed by atoms with van der Waals surface area (Å²) in [6, 6.07) is 24.0. The molecule has 0 unspecified atom stereocenters. The molecule has 8 rings (SSSR count). The van der Waals surface area contributed by atoms with Crippen molar-refractivity contribution in [2.75, 3.05) is 20.2 Å². The molecule has 14 nitrogen and oxygen atoms in total. The Morgan fingerprint density at radius 1 is 0.737 bits per heavy atom. The van der Waals surface area contributed by atoms with Gasteiger partial charge in [-0.1, -0.05) is 78.9 Å². The van der Waals surface area contributed by atoms with Gasteiger partial charge in [0.2, 0.25) is 5.91 Å². The first-order valence-electron chi connectivity index (χ1n) is 19.6. The predicted octanol–water partition coefficient (Wildman–Crippen LogP) is 6.99. The van der Waals surface area contributed by atoms with Crippen molar-refractivity contribution in [2.24, 2.45) is 5.92 Å². The highest BCUT2D eigenvalue weighted by molar-refractivity contribution is 5.87. The zero-order chi connectivity index (χ0) is 39.5. The maximum atomic E-state index is 13.7. The van der Waals surface area contributed by atoms with Crippen LogP contribution in [0.5, 0.6) is 0 Å². The van der Waals surface area contributed by atoms with Gasteiger partial charge in [-0.05, 0) is 72.8 Å². The van der Waals surface area contributed by atoms with Crippen molar-refractivity contribution in [1.29, 1.82) is 0 Å². The lowest BCUT2D eigenvalue weighted by Crippen LogP contribution is -2.42. The number of H-pyrrole nitrogens is 2. The quantitative estimate of drug-likeness (QED) is 0.101. The molecule has 4 heterocycles. The number of imidazole rings is 2. The standard InChI is InChI=1S/C43H46N8O6/c1-57-43(56)46-32-20-19-31(23-32)40(52)50-21-5-9-35(50)38-44-24-33(47-38)28-15-11-26(12-16-28)27-13-17-29(18-14-27)34-25-45-39(48-34)36-10-6-22-51(36)41(53)37(49-42(54)55)30-7-3-2-4-8-30/h2-4,7-8,11-18,24-25,31-32,35-37,49H,5-6,9-10,19-23H2,1H3,(H,44,47)(H,45,48)(H,46,56)(H,54,55)/t31-,32+,35+,36+,37-/m1/s1. The van der Waals surface area contributed by atoms with E-state index in [9.17, 15) is 24.3 Å². The van der Waals surface area contributed by atoms with Gasteiger partial charge in [-0.2, -0.15) is 0 Å². The number of rotatable bonds is 10. The fraction of sp³-hybridized carbons (Fsp3) is 0.349. The van der Waals surface area contributed by atoms with E-state index in [1.807, 2.05) is 29.3 Å². The van der Waals surface area contributed by atoms with Gasteiger partial charge in [0, 0.05) is 25.0 Å². The predicted molar refractivity (Wildman–Crippen MR) is 211 cm³/mol. The highest BCUT2D eigenvalue weighted by atomic mass is 16.5. The molecule has 57 heavy (non-hydrogen) atoms. The van der Waals surface area contributed by atoms with Crippen molar-refractivity contribution in [3.8, 4) is 33.6 Å². The van der Waals surface area contributed by atoms with E-state index in [1.54, 1.807) is 35.4 Å². The van der Waals surface area contributed by atoms with Crippen LogP contribution in [0.4, 0.5) is 9.59 Å². The molecule has 3 aromatic carbocycles. The van der Waals surface area contributed by atoms with Crippen molar-refractivity contribution < 1.29 is 29.0 Å². The summed E-state index contributed by atoms with van der Waals surface area (Å²) in [6.07, 6.45) is 7.30. The zero-order valence-electron chi connectivity index (χ0n) is 31.7. The number of hydrogen-bond acceptors (Lipinski definition) is 7. The van der Waals surface area contributed by atoms with E-state index in [2.05, 4.69) is 62.0 Å². The number of benzene rings is 3. The third-order valence-electron chi connectivity index (χ3n) is 11.6. The Labute approximate surface area is 330 Å². The molecule has 2 aliphatic heterocycles. The summed E-state index contributed by atoms with van der Waals surface area (Å²) in [5.74, 6) is 1.17. The van der Waals surface area contributed by atoms with Crippen LogP contribution in [0.3, 0.4) is 0 Å². The van der Waals surface area contributed by atoms with E-state index in [1.165, 1.54) is 7.11 Å². The Morgan fingerprint density at radius 2 is 1.28 bits per heavy atom. The molecule has 3 aliphatic rings. The second-order valence-electron chi connectivity index (χ2n) is 15.0. The second kappa shape index (κ2) is 16.3. The van der Waals surface area contributed by atoms with Crippen LogP contribution in [0.15, 0.2) is 91.3 Å². The first kappa shape index (κ1) is 37.5. The molecule has 294 valence electrons. The van der Waals surface area contributed by atoms with Crippen LogP contribution in [-0.4, -0.2) is 85.1 Å². The molecule has 5 N–H and O–H groups in total. The van der Waals surface area contributed by atoms with Gasteiger partial charge in [-0.3, -0.25) is 9.59 Å². The molecule has 2 aromatic heterocycles. The Balaban J connectivity index is 0.902. The van der Waals surface area contributed by atoms with Crippen molar-refractivity contribution in [3.63, 3.8) is 0 Å². The maximum absolute atomic E-state index is 13.7. The summed E-state index contributed by atoms with van der Waals surface area (Å²) in [5, 5.41) is 14.7. The molecule has 0 spiro atoms. The maximum Gasteiger partial charge on any atom is 0.407 e. The zero-order valence-corrected chi connectivity index (χ0v) is 31.7. The molecular weight excluding hydrogens is 725 g/mol. The van der Waals surface area contributed by atoms with Crippen LogP contribution < -0.4 is 10.6 Å². The number of nitrogens with zero attached hydrogens (tertiary/aromatic N) is 4. The largest absolute Gasteiger partial charge is 0.465 e. The van der Waals surface area contributed by atoms with Crippen LogP contribution in [0.25, 0.3) is 33.6 Å². The van der Waals surface area contributed by atoms with Crippen molar-refractivity contribution >= 4 is 24.0 Å². The molecule has 1 saturated carbocycles. The molecule has 0 radical (unpaired) electrons. The number of hydrogen-bond donors (Lipinski definition) is 5. The third kappa shape index (κ3) is 7.98. The smallest absolute Gasteiger partial charge is 0.407 e. The van der Waals surface area contributed by atoms with Crippen LogP contribution in [0.2, 0.25) is 0 Å². The number of aromatic nitrogens is 4. The minimum atomic E-state index is -1.26. The van der Waals surface area contributed by atoms with E-state index in [0.29, 0.717) is 30.9 Å². The number of alkyl carbamates (subject to hydrolysis) is 1. The SMILES string of the molecule is COC(=O)N[C@H]1CC[C@@H](C(=O)N2CCC[C@H]2c2ncc(-c3ccc(-c4ccc(-c5cnc([C@@H]6CCCN6C(=O)[C@H](NC(=O)O)c6ccccc6)[nH]5)cc4)cc3)[nH]2)C1. The van der Waals surface area contributed by atoms with Gasteiger partial charge in [0.1, 0.15) is 17.7 Å². The lowest BCUT2D eigenvalue weighted by Gasteiger charge is -2.28. The van der Waals surface area contributed by atoms with Crippen molar-refractivity contribution in [1.82, 2.24) is 40.4 Å². The first-order chi connectivity index (χ1) is 27.7. The van der Waals surface area contributed by atoms with Crippen molar-refractivity contribution in [3.05, 3.63) is 108 Å². The molecule has 2 saturated heterocycles. The highest BCUT2D eigenvalue weighted by Gasteiger charge is 2.40. The number of carboxylic acid groups (broad SMARTS) is 1.